The molecule has 2 unspecified atom stereocenters. The van der Waals surface area contributed by atoms with Gasteiger partial charge in [0.25, 0.3) is 5.69 Å². The summed E-state index contributed by atoms with van der Waals surface area (Å²) in [5.74, 6) is 0. The minimum Gasteiger partial charge on any atom is -0.389 e. The van der Waals surface area contributed by atoms with Gasteiger partial charge in [-0.1, -0.05) is 0 Å². The quantitative estimate of drug-likeness (QED) is 0.602. The maximum absolute atomic E-state index is 12.3. The van der Waals surface area contributed by atoms with Gasteiger partial charge in [-0.05, 0) is 25.0 Å². The second-order valence-corrected chi connectivity index (χ2v) is 6.64. The van der Waals surface area contributed by atoms with Crippen molar-refractivity contribution in [3.8, 4) is 0 Å². The molecule has 0 aliphatic carbocycles. The summed E-state index contributed by atoms with van der Waals surface area (Å²) < 4.78 is 5.51. The Bertz CT molecular complexity index is 625. The molecule has 2 aliphatic rings. The lowest BCUT2D eigenvalue weighted by Gasteiger charge is -2.36. The number of β-amino-alcohol motifs (C(OH)–C–C–N with tert-alkyl or cyclic N) is 1. The third-order valence-electron chi connectivity index (χ3n) is 4.83. The minimum absolute atomic E-state index is 0.0126. The molecule has 0 spiro atoms. The third-order valence-corrected chi connectivity index (χ3v) is 4.83. The van der Waals surface area contributed by atoms with Crippen molar-refractivity contribution in [1.82, 2.24) is 9.80 Å². The van der Waals surface area contributed by atoms with E-state index < -0.39 is 11.0 Å². The van der Waals surface area contributed by atoms with Crippen LogP contribution in [0.5, 0.6) is 0 Å². The minimum atomic E-state index is -0.488. The number of hydrogen-bond acceptors (Lipinski definition) is 6. The first kappa shape index (κ1) is 18.6. The van der Waals surface area contributed by atoms with E-state index in [9.17, 15) is 20.0 Å². The summed E-state index contributed by atoms with van der Waals surface area (Å²) in [6.45, 7) is 3.80. The average Bonchev–Trinajstić information content (AvgIpc) is 3.17. The van der Waals surface area contributed by atoms with E-state index in [1.165, 1.54) is 24.3 Å². The topological polar surface area (TPSA) is 108 Å². The van der Waals surface area contributed by atoms with E-state index in [4.69, 9.17) is 4.74 Å². The molecule has 2 amide bonds. The molecule has 1 aromatic rings. The zero-order valence-corrected chi connectivity index (χ0v) is 14.5. The molecule has 0 saturated carbocycles. The summed E-state index contributed by atoms with van der Waals surface area (Å²) in [5.41, 5.74) is 0.512. The number of rotatable bonds is 5. The van der Waals surface area contributed by atoms with Crippen molar-refractivity contribution in [2.75, 3.05) is 44.6 Å². The molecule has 3 rings (SSSR count). The van der Waals surface area contributed by atoms with Gasteiger partial charge in [0.2, 0.25) is 0 Å². The summed E-state index contributed by atoms with van der Waals surface area (Å²) in [6, 6.07) is 5.53. The molecule has 2 atom stereocenters. The number of nitro benzene ring substituents is 1. The number of carbonyl (C=O) groups is 1. The van der Waals surface area contributed by atoms with Gasteiger partial charge in [-0.25, -0.2) is 4.79 Å². The van der Waals surface area contributed by atoms with Crippen LogP contribution in [0, 0.1) is 10.1 Å². The van der Waals surface area contributed by atoms with Gasteiger partial charge in [-0.3, -0.25) is 15.0 Å². The number of benzene rings is 1. The van der Waals surface area contributed by atoms with Crippen molar-refractivity contribution < 1.29 is 19.6 Å². The summed E-state index contributed by atoms with van der Waals surface area (Å²) >= 11 is 0. The van der Waals surface area contributed by atoms with Crippen molar-refractivity contribution in [3.63, 3.8) is 0 Å². The van der Waals surface area contributed by atoms with Crippen LogP contribution in [0.3, 0.4) is 0 Å². The van der Waals surface area contributed by atoms with Crippen LogP contribution < -0.4 is 5.32 Å². The van der Waals surface area contributed by atoms with E-state index in [0.29, 0.717) is 38.4 Å². The number of nitrogens with one attached hydrogen (secondary N) is 1. The fourth-order valence-electron chi connectivity index (χ4n) is 3.29. The van der Waals surface area contributed by atoms with Crippen LogP contribution in [-0.4, -0.2) is 77.4 Å². The van der Waals surface area contributed by atoms with Gasteiger partial charge in [0.15, 0.2) is 0 Å². The lowest BCUT2D eigenvalue weighted by Crippen LogP contribution is -2.52. The van der Waals surface area contributed by atoms with Gasteiger partial charge in [-0.2, -0.15) is 0 Å². The fourth-order valence-corrected chi connectivity index (χ4v) is 3.29. The van der Waals surface area contributed by atoms with Gasteiger partial charge in [-0.15, -0.1) is 0 Å². The number of aliphatic hydroxyl groups excluding tert-OH is 1. The number of nitrogens with zero attached hydrogens (tertiary/aromatic N) is 3. The van der Waals surface area contributed by atoms with E-state index in [-0.39, 0.29) is 17.8 Å². The van der Waals surface area contributed by atoms with Crippen molar-refractivity contribution in [3.05, 3.63) is 34.4 Å². The monoisotopic (exact) mass is 364 g/mol. The van der Waals surface area contributed by atoms with Crippen LogP contribution in [-0.2, 0) is 4.74 Å². The SMILES string of the molecule is O=C(Nc1ccc([N+](=O)[O-])cc1)N1CCN(CC(O)C2CCCO2)CC1. The van der Waals surface area contributed by atoms with Crippen molar-refractivity contribution >= 4 is 17.4 Å². The zero-order valence-electron chi connectivity index (χ0n) is 14.5. The zero-order chi connectivity index (χ0) is 18.5. The van der Waals surface area contributed by atoms with Gasteiger partial charge in [0.1, 0.15) is 0 Å². The number of amides is 2. The molecule has 142 valence electrons. The lowest BCUT2D eigenvalue weighted by molar-refractivity contribution is -0.384. The number of ether oxygens (including phenoxy) is 1. The standard InChI is InChI=1S/C17H24N4O5/c22-15(16-2-1-11-26-16)12-19-7-9-20(10-8-19)17(23)18-13-3-5-14(6-4-13)21(24)25/h3-6,15-16,22H,1-2,7-12H2,(H,18,23). The van der Waals surface area contributed by atoms with Crippen LogP contribution in [0.15, 0.2) is 24.3 Å². The second-order valence-electron chi connectivity index (χ2n) is 6.64. The molecular formula is C17H24N4O5. The fraction of sp³-hybridized carbons (Fsp3) is 0.588. The summed E-state index contributed by atoms with van der Waals surface area (Å²) in [7, 11) is 0. The predicted octanol–water partition coefficient (Wildman–Crippen LogP) is 1.28. The van der Waals surface area contributed by atoms with Gasteiger partial charge in [0.05, 0.1) is 17.1 Å². The van der Waals surface area contributed by atoms with E-state index in [1.54, 1.807) is 4.90 Å². The molecule has 2 fully saturated rings. The van der Waals surface area contributed by atoms with Crippen LogP contribution in [0.25, 0.3) is 0 Å². The molecule has 9 heteroatoms. The normalized spacial score (nSPS) is 22.2. The molecule has 2 saturated heterocycles. The largest absolute Gasteiger partial charge is 0.389 e. The van der Waals surface area contributed by atoms with Gasteiger partial charge >= 0.3 is 6.03 Å². The number of carbonyl (C=O) groups excluding carboxylic acids is 1. The molecular weight excluding hydrogens is 340 g/mol. The molecule has 0 bridgehead atoms. The number of piperazine rings is 1. The predicted molar refractivity (Wildman–Crippen MR) is 95.1 cm³/mol. The van der Waals surface area contributed by atoms with Crippen LogP contribution in [0.2, 0.25) is 0 Å². The molecule has 0 radical (unpaired) electrons. The number of non-ortho nitro benzene ring substituents is 1. The van der Waals surface area contributed by atoms with E-state index >= 15 is 0 Å². The highest BCUT2D eigenvalue weighted by molar-refractivity contribution is 5.89. The number of anilines is 1. The Hall–Kier alpha value is -2.23. The van der Waals surface area contributed by atoms with Crippen molar-refractivity contribution in [1.29, 1.82) is 0 Å². The molecule has 2 N–H and O–H groups in total. The number of hydrogen-bond donors (Lipinski definition) is 2. The Morgan fingerprint density at radius 2 is 2.00 bits per heavy atom. The first-order valence-electron chi connectivity index (χ1n) is 8.85. The van der Waals surface area contributed by atoms with E-state index in [2.05, 4.69) is 10.2 Å². The Morgan fingerprint density at radius 3 is 2.58 bits per heavy atom. The summed E-state index contributed by atoms with van der Waals surface area (Å²) in [5, 5.41) is 23.6. The first-order chi connectivity index (χ1) is 12.5. The Balaban J connectivity index is 1.43. The Labute approximate surface area is 151 Å². The second kappa shape index (κ2) is 8.43. The molecule has 0 aromatic heterocycles. The van der Waals surface area contributed by atoms with E-state index in [0.717, 1.165) is 19.4 Å². The highest BCUT2D eigenvalue weighted by atomic mass is 16.6. The number of nitro groups is 1. The van der Waals surface area contributed by atoms with Crippen LogP contribution >= 0.6 is 0 Å². The highest BCUT2D eigenvalue weighted by Gasteiger charge is 2.28. The smallest absolute Gasteiger partial charge is 0.321 e. The van der Waals surface area contributed by atoms with Gasteiger partial charge < -0.3 is 20.1 Å². The summed E-state index contributed by atoms with van der Waals surface area (Å²) in [4.78, 5) is 26.3. The van der Waals surface area contributed by atoms with Crippen LogP contribution in [0.4, 0.5) is 16.2 Å². The molecule has 2 aliphatic heterocycles. The average molecular weight is 364 g/mol. The Morgan fingerprint density at radius 1 is 1.31 bits per heavy atom. The molecule has 9 nitrogen and oxygen atoms in total. The maximum atomic E-state index is 12.3. The molecule has 1 aromatic carbocycles. The molecule has 26 heavy (non-hydrogen) atoms. The molecule has 2 heterocycles. The van der Waals surface area contributed by atoms with Crippen molar-refractivity contribution in [2.45, 2.75) is 25.0 Å². The Kier molecular flexibility index (Phi) is 6.02. The summed E-state index contributed by atoms with van der Waals surface area (Å²) in [6.07, 6.45) is 1.34. The number of aliphatic hydroxyl groups is 1. The van der Waals surface area contributed by atoms with Crippen LogP contribution in [0.1, 0.15) is 12.8 Å². The van der Waals surface area contributed by atoms with E-state index in [1.807, 2.05) is 0 Å². The lowest BCUT2D eigenvalue weighted by atomic mass is 10.1. The third kappa shape index (κ3) is 4.69. The number of urea groups is 1. The van der Waals surface area contributed by atoms with Gasteiger partial charge in [0, 0.05) is 57.2 Å². The first-order valence-corrected chi connectivity index (χ1v) is 8.85. The maximum Gasteiger partial charge on any atom is 0.321 e. The highest BCUT2D eigenvalue weighted by Crippen LogP contribution is 2.18. The van der Waals surface area contributed by atoms with Crippen molar-refractivity contribution in [2.24, 2.45) is 0 Å².